The Morgan fingerprint density at radius 1 is 1.25 bits per heavy atom. The number of carbonyl (C=O) groups is 1. The fourth-order valence-corrected chi connectivity index (χ4v) is 2.97. The first-order chi connectivity index (χ1) is 9.58. The van der Waals surface area contributed by atoms with Crippen LogP contribution in [0.2, 0.25) is 0 Å². The monoisotopic (exact) mass is 281 g/mol. The molecule has 1 aliphatic heterocycles. The fourth-order valence-electron chi connectivity index (χ4n) is 2.97. The second kappa shape index (κ2) is 7.41. The van der Waals surface area contributed by atoms with Crippen LogP contribution < -0.4 is 10.6 Å². The Kier molecular flexibility index (Phi) is 5.85. The van der Waals surface area contributed by atoms with E-state index in [1.807, 2.05) is 0 Å². The van der Waals surface area contributed by atoms with Crippen molar-refractivity contribution in [2.24, 2.45) is 5.92 Å². The van der Waals surface area contributed by atoms with Crippen LogP contribution in [-0.4, -0.2) is 48.6 Å². The predicted molar refractivity (Wildman–Crippen MR) is 82.7 cm³/mol. The Labute approximate surface area is 123 Å². The van der Waals surface area contributed by atoms with E-state index >= 15 is 0 Å². The van der Waals surface area contributed by atoms with Gasteiger partial charge in [0.05, 0.1) is 6.04 Å². The predicted octanol–water partition coefficient (Wildman–Crippen LogP) is 1.75. The van der Waals surface area contributed by atoms with Crippen LogP contribution >= 0.6 is 0 Å². The maximum Gasteiger partial charge on any atom is 0.237 e. The number of nitrogens with zero attached hydrogens (tertiary/aromatic N) is 1. The summed E-state index contributed by atoms with van der Waals surface area (Å²) in [4.78, 5) is 14.7. The minimum atomic E-state index is 0.00461. The highest BCUT2D eigenvalue weighted by Crippen LogP contribution is 2.29. The van der Waals surface area contributed by atoms with Crippen LogP contribution in [0.1, 0.15) is 52.9 Å². The molecule has 0 spiro atoms. The van der Waals surface area contributed by atoms with Crippen molar-refractivity contribution in [3.8, 4) is 0 Å². The maximum absolute atomic E-state index is 12.3. The van der Waals surface area contributed by atoms with Gasteiger partial charge in [0.25, 0.3) is 0 Å². The van der Waals surface area contributed by atoms with Crippen LogP contribution in [0.4, 0.5) is 0 Å². The van der Waals surface area contributed by atoms with Gasteiger partial charge in [-0.15, -0.1) is 0 Å². The SMILES string of the molecule is CC(C)CNC(=O)C(C)N(CC1CCCCN1)C1CC1. The van der Waals surface area contributed by atoms with E-state index in [1.54, 1.807) is 0 Å². The van der Waals surface area contributed by atoms with Gasteiger partial charge in [-0.25, -0.2) is 0 Å². The van der Waals surface area contributed by atoms with Crippen molar-refractivity contribution in [3.63, 3.8) is 0 Å². The van der Waals surface area contributed by atoms with Crippen molar-refractivity contribution in [1.29, 1.82) is 0 Å². The second-order valence-electron chi connectivity index (χ2n) is 6.89. The van der Waals surface area contributed by atoms with Gasteiger partial charge < -0.3 is 10.6 Å². The third-order valence-corrected chi connectivity index (χ3v) is 4.42. The molecule has 116 valence electrons. The van der Waals surface area contributed by atoms with Crippen LogP contribution in [0.25, 0.3) is 0 Å². The van der Waals surface area contributed by atoms with Crippen molar-refractivity contribution in [2.45, 2.75) is 71.0 Å². The average molecular weight is 281 g/mol. The van der Waals surface area contributed by atoms with E-state index in [9.17, 15) is 4.79 Å². The Morgan fingerprint density at radius 3 is 2.55 bits per heavy atom. The topological polar surface area (TPSA) is 44.4 Å². The summed E-state index contributed by atoms with van der Waals surface area (Å²) in [5.74, 6) is 0.710. The van der Waals surface area contributed by atoms with E-state index in [-0.39, 0.29) is 11.9 Å². The molecule has 1 saturated carbocycles. The molecular formula is C16H31N3O. The summed E-state index contributed by atoms with van der Waals surface area (Å²) in [6.45, 7) is 9.28. The first kappa shape index (κ1) is 15.8. The molecule has 1 amide bonds. The molecule has 1 saturated heterocycles. The van der Waals surface area contributed by atoms with E-state index in [2.05, 4.69) is 36.3 Å². The summed E-state index contributed by atoms with van der Waals surface area (Å²) in [5.41, 5.74) is 0. The van der Waals surface area contributed by atoms with Gasteiger partial charge in [0.15, 0.2) is 0 Å². The second-order valence-corrected chi connectivity index (χ2v) is 6.89. The first-order valence-corrected chi connectivity index (χ1v) is 8.34. The summed E-state index contributed by atoms with van der Waals surface area (Å²) in [7, 11) is 0. The lowest BCUT2D eigenvalue weighted by atomic mass is 10.0. The summed E-state index contributed by atoms with van der Waals surface area (Å²) in [5, 5.41) is 6.68. The molecule has 2 atom stereocenters. The molecule has 0 aromatic carbocycles. The highest BCUT2D eigenvalue weighted by Gasteiger charge is 2.36. The molecule has 0 aromatic rings. The highest BCUT2D eigenvalue weighted by atomic mass is 16.2. The summed E-state index contributed by atoms with van der Waals surface area (Å²) < 4.78 is 0. The van der Waals surface area contributed by atoms with Gasteiger partial charge in [-0.05, 0) is 45.1 Å². The van der Waals surface area contributed by atoms with Gasteiger partial charge in [-0.2, -0.15) is 0 Å². The maximum atomic E-state index is 12.3. The minimum absolute atomic E-state index is 0.00461. The van der Waals surface area contributed by atoms with Gasteiger partial charge >= 0.3 is 0 Å². The minimum Gasteiger partial charge on any atom is -0.354 e. The largest absolute Gasteiger partial charge is 0.354 e. The lowest BCUT2D eigenvalue weighted by Crippen LogP contribution is -2.52. The van der Waals surface area contributed by atoms with Gasteiger partial charge in [-0.1, -0.05) is 20.3 Å². The first-order valence-electron chi connectivity index (χ1n) is 8.34. The molecular weight excluding hydrogens is 250 g/mol. The van der Waals surface area contributed by atoms with E-state index in [0.29, 0.717) is 18.0 Å². The molecule has 2 aliphatic rings. The molecule has 2 rings (SSSR count). The molecule has 2 unspecified atom stereocenters. The van der Waals surface area contributed by atoms with E-state index in [4.69, 9.17) is 0 Å². The van der Waals surface area contributed by atoms with Crippen molar-refractivity contribution in [3.05, 3.63) is 0 Å². The van der Waals surface area contributed by atoms with Gasteiger partial charge in [-0.3, -0.25) is 9.69 Å². The molecule has 0 aromatic heterocycles. The Morgan fingerprint density at radius 2 is 2.00 bits per heavy atom. The fraction of sp³-hybridized carbons (Fsp3) is 0.938. The van der Waals surface area contributed by atoms with Crippen LogP contribution in [0.5, 0.6) is 0 Å². The third kappa shape index (κ3) is 4.74. The third-order valence-electron chi connectivity index (χ3n) is 4.42. The number of nitrogens with one attached hydrogen (secondary N) is 2. The van der Waals surface area contributed by atoms with E-state index in [1.165, 1.54) is 32.1 Å². The van der Waals surface area contributed by atoms with E-state index in [0.717, 1.165) is 19.6 Å². The zero-order chi connectivity index (χ0) is 14.5. The zero-order valence-electron chi connectivity index (χ0n) is 13.3. The van der Waals surface area contributed by atoms with Crippen molar-refractivity contribution >= 4 is 5.91 Å². The smallest absolute Gasteiger partial charge is 0.237 e. The standard InChI is InChI=1S/C16H31N3O/c1-12(2)10-18-16(20)13(3)19(15-7-8-15)11-14-6-4-5-9-17-14/h12-15,17H,4-11H2,1-3H3,(H,18,20). The van der Waals surface area contributed by atoms with Crippen molar-refractivity contribution in [2.75, 3.05) is 19.6 Å². The lowest BCUT2D eigenvalue weighted by molar-refractivity contribution is -0.126. The molecule has 20 heavy (non-hydrogen) atoms. The average Bonchev–Trinajstić information content (AvgIpc) is 3.27. The number of hydrogen-bond acceptors (Lipinski definition) is 3. The van der Waals surface area contributed by atoms with Gasteiger partial charge in [0.1, 0.15) is 0 Å². The van der Waals surface area contributed by atoms with Crippen LogP contribution in [0, 0.1) is 5.92 Å². The Bertz CT molecular complexity index is 309. The van der Waals surface area contributed by atoms with E-state index < -0.39 is 0 Å². The number of hydrogen-bond donors (Lipinski definition) is 2. The molecule has 0 bridgehead atoms. The molecule has 1 heterocycles. The summed E-state index contributed by atoms with van der Waals surface area (Å²) in [6.07, 6.45) is 6.39. The van der Waals surface area contributed by atoms with Crippen LogP contribution in [0.15, 0.2) is 0 Å². The summed E-state index contributed by atoms with van der Waals surface area (Å²) >= 11 is 0. The number of rotatable bonds is 7. The van der Waals surface area contributed by atoms with Crippen LogP contribution in [-0.2, 0) is 4.79 Å². The molecule has 0 radical (unpaired) electrons. The van der Waals surface area contributed by atoms with Crippen molar-refractivity contribution in [1.82, 2.24) is 15.5 Å². The molecule has 4 heteroatoms. The number of carbonyl (C=O) groups excluding carboxylic acids is 1. The molecule has 2 N–H and O–H groups in total. The molecule has 4 nitrogen and oxygen atoms in total. The van der Waals surface area contributed by atoms with Crippen molar-refractivity contribution < 1.29 is 4.79 Å². The molecule has 1 aliphatic carbocycles. The molecule has 2 fully saturated rings. The Hall–Kier alpha value is -0.610. The number of amides is 1. The Balaban J connectivity index is 1.84. The van der Waals surface area contributed by atoms with Gasteiger partial charge in [0.2, 0.25) is 5.91 Å². The quantitative estimate of drug-likeness (QED) is 0.747. The highest BCUT2D eigenvalue weighted by molar-refractivity contribution is 5.81. The summed E-state index contributed by atoms with van der Waals surface area (Å²) in [6, 6.07) is 1.22. The lowest BCUT2D eigenvalue weighted by Gasteiger charge is -2.34. The zero-order valence-corrected chi connectivity index (χ0v) is 13.3. The number of piperidine rings is 1. The normalized spacial score (nSPS) is 24.9. The van der Waals surface area contributed by atoms with Crippen LogP contribution in [0.3, 0.4) is 0 Å². The van der Waals surface area contributed by atoms with Gasteiger partial charge in [0, 0.05) is 25.2 Å².